The minimum Gasteiger partial charge on any atom is -0.384 e. The van der Waals surface area contributed by atoms with Crippen LogP contribution in [0.3, 0.4) is 0 Å². The fourth-order valence-corrected chi connectivity index (χ4v) is 1.48. The summed E-state index contributed by atoms with van der Waals surface area (Å²) < 4.78 is 0. The molecule has 1 aromatic rings. The summed E-state index contributed by atoms with van der Waals surface area (Å²) in [5.41, 5.74) is 12.6. The Kier molecular flexibility index (Phi) is 2.19. The van der Waals surface area contributed by atoms with Crippen LogP contribution in [0.25, 0.3) is 0 Å². The molecule has 1 fully saturated rings. The van der Waals surface area contributed by atoms with Crippen molar-refractivity contribution < 1.29 is 0 Å². The van der Waals surface area contributed by atoms with Crippen molar-refractivity contribution in [3.63, 3.8) is 0 Å². The van der Waals surface area contributed by atoms with Crippen LogP contribution in [-0.2, 0) is 0 Å². The van der Waals surface area contributed by atoms with Gasteiger partial charge in [0.1, 0.15) is 5.82 Å². The molecule has 1 aliphatic carbocycles. The number of nitrogen functional groups attached to an aromatic ring is 1. The number of rotatable bonds is 3. The largest absolute Gasteiger partial charge is 0.384 e. The molecule has 1 aliphatic rings. The first-order chi connectivity index (χ1) is 6.25. The highest BCUT2D eigenvalue weighted by molar-refractivity contribution is 5.30. The Labute approximate surface area is 78.1 Å². The van der Waals surface area contributed by atoms with Crippen molar-refractivity contribution in [2.24, 2.45) is 11.7 Å². The Balaban J connectivity index is 2.01. The van der Waals surface area contributed by atoms with Gasteiger partial charge in [0, 0.05) is 12.2 Å². The number of nitrogens with zero attached hydrogens (tertiary/aromatic N) is 1. The van der Waals surface area contributed by atoms with Crippen LogP contribution in [0.2, 0.25) is 0 Å². The van der Waals surface area contributed by atoms with Gasteiger partial charge < -0.3 is 11.5 Å². The predicted octanol–water partition coefficient (Wildman–Crippen LogP) is 1.46. The number of anilines is 1. The molecular weight excluding hydrogens is 162 g/mol. The standard InChI is InChI=1S/C10H15N3/c11-9(5-7-1-2-7)8-3-4-10(12)13-6-8/h3-4,6-7,9H,1-2,5,11H2,(H2,12,13)/t9-/m1/s1. The van der Waals surface area contributed by atoms with E-state index in [2.05, 4.69) is 4.98 Å². The Hall–Kier alpha value is -1.09. The highest BCUT2D eigenvalue weighted by atomic mass is 14.8. The Morgan fingerprint density at radius 3 is 2.77 bits per heavy atom. The van der Waals surface area contributed by atoms with Crippen LogP contribution in [0, 0.1) is 5.92 Å². The van der Waals surface area contributed by atoms with Crippen molar-refractivity contribution >= 4 is 5.82 Å². The number of hydrogen-bond acceptors (Lipinski definition) is 3. The molecule has 2 rings (SSSR count). The molecule has 0 spiro atoms. The van der Waals surface area contributed by atoms with Crippen LogP contribution in [-0.4, -0.2) is 4.98 Å². The lowest BCUT2D eigenvalue weighted by Crippen LogP contribution is -2.11. The van der Waals surface area contributed by atoms with Crippen molar-refractivity contribution in [3.05, 3.63) is 23.9 Å². The maximum absolute atomic E-state index is 6.01. The smallest absolute Gasteiger partial charge is 0.123 e. The Morgan fingerprint density at radius 2 is 2.23 bits per heavy atom. The monoisotopic (exact) mass is 177 g/mol. The van der Waals surface area contributed by atoms with E-state index in [1.165, 1.54) is 12.8 Å². The summed E-state index contributed by atoms with van der Waals surface area (Å²) in [6.45, 7) is 0. The molecule has 13 heavy (non-hydrogen) atoms. The number of hydrogen-bond donors (Lipinski definition) is 2. The highest BCUT2D eigenvalue weighted by Gasteiger charge is 2.24. The normalized spacial score (nSPS) is 18.5. The number of nitrogens with two attached hydrogens (primary N) is 2. The molecule has 0 amide bonds. The van der Waals surface area contributed by atoms with Gasteiger partial charge >= 0.3 is 0 Å². The zero-order valence-corrected chi connectivity index (χ0v) is 7.61. The van der Waals surface area contributed by atoms with E-state index in [0.717, 1.165) is 17.9 Å². The first kappa shape index (κ1) is 8.51. The molecule has 0 aliphatic heterocycles. The molecule has 1 aromatic heterocycles. The summed E-state index contributed by atoms with van der Waals surface area (Å²) in [4.78, 5) is 4.03. The van der Waals surface area contributed by atoms with Gasteiger partial charge in [-0.15, -0.1) is 0 Å². The first-order valence-corrected chi connectivity index (χ1v) is 4.72. The van der Waals surface area contributed by atoms with Crippen LogP contribution in [0.15, 0.2) is 18.3 Å². The van der Waals surface area contributed by atoms with Gasteiger partial charge in [0.05, 0.1) is 0 Å². The van der Waals surface area contributed by atoms with Crippen LogP contribution in [0.1, 0.15) is 30.9 Å². The van der Waals surface area contributed by atoms with E-state index >= 15 is 0 Å². The molecule has 0 unspecified atom stereocenters. The van der Waals surface area contributed by atoms with Crippen LogP contribution in [0.4, 0.5) is 5.82 Å². The molecule has 1 atom stereocenters. The topological polar surface area (TPSA) is 64.9 Å². The van der Waals surface area contributed by atoms with Gasteiger partial charge in [-0.25, -0.2) is 4.98 Å². The molecule has 70 valence electrons. The summed E-state index contributed by atoms with van der Waals surface area (Å²) in [5.74, 6) is 1.41. The van der Waals surface area contributed by atoms with Crippen molar-refractivity contribution in [3.8, 4) is 0 Å². The van der Waals surface area contributed by atoms with E-state index in [9.17, 15) is 0 Å². The van der Waals surface area contributed by atoms with Crippen molar-refractivity contribution in [1.29, 1.82) is 0 Å². The van der Waals surface area contributed by atoms with Gasteiger partial charge in [-0.3, -0.25) is 0 Å². The maximum atomic E-state index is 6.01. The van der Waals surface area contributed by atoms with Crippen LogP contribution < -0.4 is 11.5 Å². The third-order valence-corrected chi connectivity index (χ3v) is 2.52. The lowest BCUT2D eigenvalue weighted by atomic mass is 10.0. The van der Waals surface area contributed by atoms with E-state index in [1.807, 2.05) is 12.1 Å². The van der Waals surface area contributed by atoms with Gasteiger partial charge in [-0.1, -0.05) is 18.9 Å². The summed E-state index contributed by atoms with van der Waals surface area (Å²) in [6, 6.07) is 3.91. The molecule has 1 saturated carbocycles. The molecule has 0 saturated heterocycles. The van der Waals surface area contributed by atoms with E-state index in [4.69, 9.17) is 11.5 Å². The second-order valence-electron chi connectivity index (χ2n) is 3.80. The number of pyridine rings is 1. The lowest BCUT2D eigenvalue weighted by Gasteiger charge is -2.10. The number of aromatic nitrogens is 1. The minimum absolute atomic E-state index is 0.139. The second-order valence-corrected chi connectivity index (χ2v) is 3.80. The van der Waals surface area contributed by atoms with Gasteiger partial charge in [0.15, 0.2) is 0 Å². The fourth-order valence-electron chi connectivity index (χ4n) is 1.48. The molecule has 3 nitrogen and oxygen atoms in total. The molecular formula is C10H15N3. The van der Waals surface area contributed by atoms with E-state index in [1.54, 1.807) is 6.20 Å². The van der Waals surface area contributed by atoms with Crippen molar-refractivity contribution in [1.82, 2.24) is 4.98 Å². The second kappa shape index (κ2) is 3.34. The quantitative estimate of drug-likeness (QED) is 0.734. The molecule has 0 bridgehead atoms. The van der Waals surface area contributed by atoms with E-state index < -0.39 is 0 Å². The Morgan fingerprint density at radius 1 is 1.46 bits per heavy atom. The summed E-state index contributed by atoms with van der Waals surface area (Å²) in [7, 11) is 0. The van der Waals surface area contributed by atoms with E-state index in [0.29, 0.717) is 5.82 Å². The zero-order chi connectivity index (χ0) is 9.26. The molecule has 0 radical (unpaired) electrons. The maximum Gasteiger partial charge on any atom is 0.123 e. The van der Waals surface area contributed by atoms with Gasteiger partial charge in [-0.2, -0.15) is 0 Å². The minimum atomic E-state index is 0.139. The van der Waals surface area contributed by atoms with E-state index in [-0.39, 0.29) is 6.04 Å². The van der Waals surface area contributed by atoms with Crippen LogP contribution >= 0.6 is 0 Å². The Bertz CT molecular complexity index is 277. The summed E-state index contributed by atoms with van der Waals surface area (Å²) >= 11 is 0. The average Bonchev–Trinajstić information content (AvgIpc) is 2.89. The van der Waals surface area contributed by atoms with Gasteiger partial charge in [0.2, 0.25) is 0 Å². The van der Waals surface area contributed by atoms with Gasteiger partial charge in [0.25, 0.3) is 0 Å². The molecule has 3 heteroatoms. The zero-order valence-electron chi connectivity index (χ0n) is 7.61. The summed E-state index contributed by atoms with van der Waals surface area (Å²) in [5, 5.41) is 0. The first-order valence-electron chi connectivity index (χ1n) is 4.72. The molecule has 4 N–H and O–H groups in total. The summed E-state index contributed by atoms with van der Waals surface area (Å²) in [6.07, 6.45) is 5.56. The van der Waals surface area contributed by atoms with Crippen LogP contribution in [0.5, 0.6) is 0 Å². The average molecular weight is 177 g/mol. The third-order valence-electron chi connectivity index (χ3n) is 2.52. The molecule has 0 aromatic carbocycles. The lowest BCUT2D eigenvalue weighted by molar-refractivity contribution is 0.595. The van der Waals surface area contributed by atoms with Crippen molar-refractivity contribution in [2.45, 2.75) is 25.3 Å². The van der Waals surface area contributed by atoms with Crippen molar-refractivity contribution in [2.75, 3.05) is 5.73 Å². The predicted molar refractivity (Wildman–Crippen MR) is 52.9 cm³/mol. The highest BCUT2D eigenvalue weighted by Crippen LogP contribution is 2.36. The SMILES string of the molecule is Nc1ccc([C@H](N)CC2CC2)cn1. The molecule has 1 heterocycles. The van der Waals surface area contributed by atoms with Gasteiger partial charge in [-0.05, 0) is 24.0 Å². The fraction of sp³-hybridized carbons (Fsp3) is 0.500. The third kappa shape index (κ3) is 2.18.